The van der Waals surface area contributed by atoms with Gasteiger partial charge < -0.3 is 10.6 Å². The Bertz CT molecular complexity index is 1070. The molecule has 0 saturated carbocycles. The molecule has 3 aromatic rings. The van der Waals surface area contributed by atoms with Crippen molar-refractivity contribution in [2.75, 3.05) is 17.2 Å². The second-order valence-corrected chi connectivity index (χ2v) is 6.64. The zero-order chi connectivity index (χ0) is 19.0. The minimum Gasteiger partial charge on any atom is -0.385 e. The topological polar surface area (TPSA) is 58.2 Å². The lowest BCUT2D eigenvalue weighted by Gasteiger charge is -2.23. The first-order valence-corrected chi connectivity index (χ1v) is 9.03. The van der Waals surface area contributed by atoms with E-state index in [-0.39, 0.29) is 11.6 Å². The van der Waals surface area contributed by atoms with Crippen LogP contribution < -0.4 is 10.6 Å². The third-order valence-electron chi connectivity index (χ3n) is 4.74. The Balaban J connectivity index is 1.91. The first-order chi connectivity index (χ1) is 13.1. The summed E-state index contributed by atoms with van der Waals surface area (Å²) in [5.74, 6) is -0.251. The number of hydrogen-bond acceptors (Lipinski definition) is 4. The van der Waals surface area contributed by atoms with Gasteiger partial charge in [0.2, 0.25) is 0 Å². The largest absolute Gasteiger partial charge is 0.385 e. The van der Waals surface area contributed by atoms with Crippen molar-refractivity contribution in [3.8, 4) is 0 Å². The van der Waals surface area contributed by atoms with E-state index in [0.29, 0.717) is 40.2 Å². The molecule has 27 heavy (non-hydrogen) atoms. The first kappa shape index (κ1) is 17.0. The fourth-order valence-electron chi connectivity index (χ4n) is 3.54. The van der Waals surface area contributed by atoms with Gasteiger partial charge in [-0.15, -0.1) is 0 Å². The van der Waals surface area contributed by atoms with Crippen LogP contribution in [0.15, 0.2) is 60.7 Å². The van der Waals surface area contributed by atoms with Gasteiger partial charge in [0.1, 0.15) is 0 Å². The third kappa shape index (κ3) is 2.89. The smallest absolute Gasteiger partial charge is 0.196 e. The van der Waals surface area contributed by atoms with Gasteiger partial charge >= 0.3 is 0 Å². The molecule has 0 aliphatic heterocycles. The van der Waals surface area contributed by atoms with Crippen molar-refractivity contribution in [3.05, 3.63) is 88.5 Å². The van der Waals surface area contributed by atoms with E-state index in [1.807, 2.05) is 50.2 Å². The highest BCUT2D eigenvalue weighted by Gasteiger charge is 2.33. The normalized spacial score (nSPS) is 12.4. The van der Waals surface area contributed by atoms with Crippen LogP contribution in [0.25, 0.3) is 0 Å². The van der Waals surface area contributed by atoms with E-state index in [9.17, 15) is 9.59 Å². The maximum absolute atomic E-state index is 13.3. The maximum atomic E-state index is 13.3. The molecule has 0 amide bonds. The zero-order valence-electron chi connectivity index (χ0n) is 15.3. The van der Waals surface area contributed by atoms with E-state index in [4.69, 9.17) is 0 Å². The second kappa shape index (κ2) is 6.72. The lowest BCUT2D eigenvalue weighted by atomic mass is 9.82. The number of rotatable bonds is 4. The van der Waals surface area contributed by atoms with Crippen LogP contribution in [-0.2, 0) is 0 Å². The molecule has 0 spiro atoms. The highest BCUT2D eigenvalue weighted by Crippen LogP contribution is 2.37. The number of aryl methyl sites for hydroxylation is 1. The fraction of sp³-hybridized carbons (Fsp3) is 0.130. The predicted octanol–water partition coefficient (Wildman–Crippen LogP) is 4.95. The number of benzene rings is 3. The average Bonchev–Trinajstić information content (AvgIpc) is 2.67. The number of carbonyl (C=O) groups excluding carboxylic acids is 2. The molecule has 4 heteroatoms. The van der Waals surface area contributed by atoms with Crippen molar-refractivity contribution in [2.45, 2.75) is 13.8 Å². The quantitative estimate of drug-likeness (QED) is 0.543. The predicted molar refractivity (Wildman–Crippen MR) is 108 cm³/mol. The van der Waals surface area contributed by atoms with E-state index in [1.54, 1.807) is 24.3 Å². The molecule has 3 aromatic carbocycles. The molecule has 4 nitrogen and oxygen atoms in total. The lowest BCUT2D eigenvalue weighted by Crippen LogP contribution is -2.23. The molecular formula is C23H20N2O2. The number of nitrogens with one attached hydrogen (secondary N) is 2. The van der Waals surface area contributed by atoms with Crippen LogP contribution in [0.2, 0.25) is 0 Å². The molecule has 1 aliphatic rings. The van der Waals surface area contributed by atoms with Crippen molar-refractivity contribution in [2.24, 2.45) is 0 Å². The molecule has 0 fully saturated rings. The van der Waals surface area contributed by atoms with Gasteiger partial charge in [-0.1, -0.05) is 36.4 Å². The standard InChI is InChI=1S/C23H20N2O2/c1-3-24-18-11-12-19(25-15-8-6-7-14(2)13-15)21-20(18)22(26)16-9-4-5-10-17(16)23(21)27/h4-13,24-25H,3H2,1-2H3. The molecule has 134 valence electrons. The maximum Gasteiger partial charge on any atom is 0.196 e. The molecule has 0 radical (unpaired) electrons. The number of anilines is 3. The van der Waals surface area contributed by atoms with E-state index in [1.165, 1.54) is 0 Å². The summed E-state index contributed by atoms with van der Waals surface area (Å²) in [4.78, 5) is 26.5. The number of carbonyl (C=O) groups is 2. The van der Waals surface area contributed by atoms with Gasteiger partial charge in [0.05, 0.1) is 16.8 Å². The van der Waals surface area contributed by atoms with E-state index in [2.05, 4.69) is 10.6 Å². The summed E-state index contributed by atoms with van der Waals surface area (Å²) >= 11 is 0. The monoisotopic (exact) mass is 356 g/mol. The number of fused-ring (bicyclic) bond motifs is 2. The van der Waals surface area contributed by atoms with Crippen LogP contribution in [-0.4, -0.2) is 18.1 Å². The van der Waals surface area contributed by atoms with Crippen LogP contribution in [0.4, 0.5) is 17.1 Å². The van der Waals surface area contributed by atoms with Crippen molar-refractivity contribution in [3.63, 3.8) is 0 Å². The molecule has 1 aliphatic carbocycles. The zero-order valence-corrected chi connectivity index (χ0v) is 15.3. The first-order valence-electron chi connectivity index (χ1n) is 9.03. The Kier molecular flexibility index (Phi) is 4.24. The molecule has 2 N–H and O–H groups in total. The van der Waals surface area contributed by atoms with Gasteiger partial charge in [0.15, 0.2) is 11.6 Å². The molecule has 0 atom stereocenters. The van der Waals surface area contributed by atoms with E-state index >= 15 is 0 Å². The van der Waals surface area contributed by atoms with Crippen LogP contribution in [0.1, 0.15) is 44.3 Å². The van der Waals surface area contributed by atoms with Crippen molar-refractivity contribution >= 4 is 28.6 Å². The summed E-state index contributed by atoms with van der Waals surface area (Å²) in [5, 5.41) is 6.54. The molecular weight excluding hydrogens is 336 g/mol. The van der Waals surface area contributed by atoms with Crippen LogP contribution in [0.3, 0.4) is 0 Å². The lowest BCUT2D eigenvalue weighted by molar-refractivity contribution is 0.0980. The highest BCUT2D eigenvalue weighted by atomic mass is 16.1. The molecule has 0 aromatic heterocycles. The van der Waals surface area contributed by atoms with Gasteiger partial charge in [-0.2, -0.15) is 0 Å². The van der Waals surface area contributed by atoms with Crippen LogP contribution in [0.5, 0.6) is 0 Å². The Hall–Kier alpha value is -3.40. The summed E-state index contributed by atoms with van der Waals surface area (Å²) in [6, 6.07) is 18.7. The minimum atomic E-state index is -0.130. The molecule has 0 bridgehead atoms. The van der Waals surface area contributed by atoms with Gasteiger partial charge in [-0.25, -0.2) is 0 Å². The Labute approximate surface area is 158 Å². The molecule has 0 saturated heterocycles. The molecule has 4 rings (SSSR count). The molecule has 0 unspecified atom stereocenters. The summed E-state index contributed by atoms with van der Waals surface area (Å²) in [6.07, 6.45) is 0. The summed E-state index contributed by atoms with van der Waals surface area (Å²) in [6.45, 7) is 4.65. The Morgan fingerprint density at radius 1 is 0.778 bits per heavy atom. The van der Waals surface area contributed by atoms with Gasteiger partial charge in [0, 0.05) is 29.0 Å². The third-order valence-corrected chi connectivity index (χ3v) is 4.74. The van der Waals surface area contributed by atoms with Gasteiger partial charge in [-0.05, 0) is 43.7 Å². The summed E-state index contributed by atoms with van der Waals surface area (Å²) in [7, 11) is 0. The molecule has 0 heterocycles. The van der Waals surface area contributed by atoms with E-state index < -0.39 is 0 Å². The summed E-state index contributed by atoms with van der Waals surface area (Å²) in [5.41, 5.74) is 5.12. The SMILES string of the molecule is CCNc1ccc(Nc2cccc(C)c2)c2c1C(=O)c1ccccc1C2=O. The number of hydrogen-bond donors (Lipinski definition) is 2. The Morgan fingerprint density at radius 3 is 2.04 bits per heavy atom. The van der Waals surface area contributed by atoms with Crippen molar-refractivity contribution in [1.82, 2.24) is 0 Å². The summed E-state index contributed by atoms with van der Waals surface area (Å²) < 4.78 is 0. The van der Waals surface area contributed by atoms with Crippen LogP contribution >= 0.6 is 0 Å². The number of ketones is 2. The van der Waals surface area contributed by atoms with Crippen LogP contribution in [0, 0.1) is 6.92 Å². The van der Waals surface area contributed by atoms with Gasteiger partial charge in [-0.3, -0.25) is 9.59 Å². The van der Waals surface area contributed by atoms with Crippen molar-refractivity contribution < 1.29 is 9.59 Å². The highest BCUT2D eigenvalue weighted by molar-refractivity contribution is 6.32. The van der Waals surface area contributed by atoms with Crippen molar-refractivity contribution in [1.29, 1.82) is 0 Å². The minimum absolute atomic E-state index is 0.121. The van der Waals surface area contributed by atoms with Gasteiger partial charge in [0.25, 0.3) is 0 Å². The second-order valence-electron chi connectivity index (χ2n) is 6.64. The Morgan fingerprint density at radius 2 is 1.41 bits per heavy atom. The fourth-order valence-corrected chi connectivity index (χ4v) is 3.54. The van der Waals surface area contributed by atoms with E-state index in [0.717, 1.165) is 11.3 Å². The average molecular weight is 356 g/mol.